The molecule has 0 spiro atoms. The van der Waals surface area contributed by atoms with E-state index in [4.69, 9.17) is 4.74 Å². The van der Waals surface area contributed by atoms with Gasteiger partial charge in [0, 0.05) is 11.9 Å². The number of nitrogens with zero attached hydrogens (tertiary/aromatic N) is 3. The molecule has 0 N–H and O–H groups in total. The topological polar surface area (TPSA) is 72.4 Å². The van der Waals surface area contributed by atoms with Gasteiger partial charge < -0.3 is 9.64 Å². The lowest BCUT2D eigenvalue weighted by Gasteiger charge is -2.33. The Bertz CT molecular complexity index is 407. The average molecular weight is 255 g/mol. The Kier molecular flexibility index (Phi) is 3.68. The molecular formula is C10H13N3O3S. The van der Waals surface area contributed by atoms with Crippen LogP contribution >= 0.6 is 11.5 Å². The Morgan fingerprint density at radius 3 is 3.00 bits per heavy atom. The zero-order valence-electron chi connectivity index (χ0n) is 9.46. The number of methoxy groups -OCH3 is 1. The summed E-state index contributed by atoms with van der Waals surface area (Å²) in [5.41, 5.74) is 0.297. The second kappa shape index (κ2) is 5.22. The second-order valence-electron chi connectivity index (χ2n) is 3.82. The first kappa shape index (κ1) is 12.0. The average Bonchev–Trinajstić information content (AvgIpc) is 2.91. The third-order valence-corrected chi connectivity index (χ3v) is 3.32. The third kappa shape index (κ3) is 2.44. The minimum absolute atomic E-state index is 0.242. The molecule has 1 unspecified atom stereocenters. The molecule has 1 saturated heterocycles. The van der Waals surface area contributed by atoms with Crippen molar-refractivity contribution in [2.24, 2.45) is 0 Å². The normalized spacial score (nSPS) is 20.1. The lowest BCUT2D eigenvalue weighted by atomic mass is 10.0. The van der Waals surface area contributed by atoms with Gasteiger partial charge in [0.15, 0.2) is 5.69 Å². The van der Waals surface area contributed by atoms with Crippen LogP contribution in [0.5, 0.6) is 0 Å². The lowest BCUT2D eigenvalue weighted by molar-refractivity contribution is -0.147. The zero-order chi connectivity index (χ0) is 12.3. The molecule has 1 amide bonds. The lowest BCUT2D eigenvalue weighted by Crippen LogP contribution is -2.48. The molecule has 2 rings (SSSR count). The van der Waals surface area contributed by atoms with E-state index in [0.717, 1.165) is 24.4 Å². The molecule has 7 heteroatoms. The Balaban J connectivity index is 2.16. The van der Waals surface area contributed by atoms with Gasteiger partial charge in [0.05, 0.1) is 7.11 Å². The van der Waals surface area contributed by atoms with E-state index >= 15 is 0 Å². The van der Waals surface area contributed by atoms with Gasteiger partial charge in [0.1, 0.15) is 6.04 Å². The number of carbonyl (C=O) groups is 2. The Hall–Kier alpha value is -1.50. The van der Waals surface area contributed by atoms with Gasteiger partial charge in [-0.15, -0.1) is 5.10 Å². The quantitative estimate of drug-likeness (QED) is 0.728. The summed E-state index contributed by atoms with van der Waals surface area (Å²) in [5.74, 6) is -0.602. The molecule has 1 atom stereocenters. The molecule has 1 aliphatic rings. The number of piperidine rings is 1. The molecule has 1 fully saturated rings. The maximum Gasteiger partial charge on any atom is 0.328 e. The van der Waals surface area contributed by atoms with E-state index in [9.17, 15) is 9.59 Å². The molecule has 6 nitrogen and oxygen atoms in total. The highest BCUT2D eigenvalue weighted by Gasteiger charge is 2.34. The van der Waals surface area contributed by atoms with Crippen molar-refractivity contribution in [1.82, 2.24) is 14.5 Å². The molecule has 1 aliphatic heterocycles. The van der Waals surface area contributed by atoms with Crippen molar-refractivity contribution in [3.8, 4) is 0 Å². The summed E-state index contributed by atoms with van der Waals surface area (Å²) in [6, 6.07) is -0.483. The van der Waals surface area contributed by atoms with E-state index in [-0.39, 0.29) is 11.9 Å². The van der Waals surface area contributed by atoms with Gasteiger partial charge in [-0.3, -0.25) is 4.79 Å². The van der Waals surface area contributed by atoms with Crippen LogP contribution in [0.4, 0.5) is 0 Å². The van der Waals surface area contributed by atoms with Crippen molar-refractivity contribution >= 4 is 23.4 Å². The molecular weight excluding hydrogens is 242 g/mol. The number of aromatic nitrogens is 2. The molecule has 92 valence electrons. The Morgan fingerprint density at radius 1 is 1.53 bits per heavy atom. The van der Waals surface area contributed by atoms with E-state index in [0.29, 0.717) is 18.7 Å². The van der Waals surface area contributed by atoms with E-state index in [1.54, 1.807) is 5.38 Å². The summed E-state index contributed by atoms with van der Waals surface area (Å²) in [4.78, 5) is 25.2. The zero-order valence-corrected chi connectivity index (χ0v) is 10.3. The van der Waals surface area contributed by atoms with Gasteiger partial charge in [-0.1, -0.05) is 4.49 Å². The summed E-state index contributed by atoms with van der Waals surface area (Å²) in [6.45, 7) is 0.566. The van der Waals surface area contributed by atoms with Gasteiger partial charge >= 0.3 is 5.97 Å². The van der Waals surface area contributed by atoms with Crippen LogP contribution in [0.3, 0.4) is 0 Å². The fourth-order valence-electron chi connectivity index (χ4n) is 1.96. The standard InChI is InChI=1S/C10H13N3O3S/c1-16-10(15)8-4-2-3-5-13(8)9(14)7-6-17-12-11-7/h6,8H,2-5H2,1H3. The number of hydrogen-bond acceptors (Lipinski definition) is 6. The number of esters is 1. The first-order valence-corrected chi connectivity index (χ1v) is 6.23. The summed E-state index contributed by atoms with van der Waals surface area (Å²) in [7, 11) is 1.34. The Morgan fingerprint density at radius 2 is 2.35 bits per heavy atom. The Labute approximate surface area is 103 Å². The SMILES string of the molecule is COC(=O)C1CCCCN1C(=O)c1csnn1. The summed E-state index contributed by atoms with van der Waals surface area (Å²) >= 11 is 1.12. The van der Waals surface area contributed by atoms with Crippen molar-refractivity contribution in [2.75, 3.05) is 13.7 Å². The van der Waals surface area contributed by atoms with Gasteiger partial charge in [0.25, 0.3) is 5.91 Å². The monoisotopic (exact) mass is 255 g/mol. The van der Waals surface area contributed by atoms with Crippen molar-refractivity contribution in [3.05, 3.63) is 11.1 Å². The molecule has 2 heterocycles. The molecule has 0 saturated carbocycles. The number of likely N-dealkylation sites (tertiary alicyclic amines) is 1. The molecule has 1 aromatic heterocycles. The van der Waals surface area contributed by atoms with Crippen LogP contribution in [0.1, 0.15) is 29.8 Å². The highest BCUT2D eigenvalue weighted by molar-refractivity contribution is 7.03. The molecule has 17 heavy (non-hydrogen) atoms. The van der Waals surface area contributed by atoms with E-state index in [2.05, 4.69) is 9.59 Å². The van der Waals surface area contributed by atoms with Crippen LogP contribution in [-0.4, -0.2) is 46.1 Å². The number of amides is 1. The highest BCUT2D eigenvalue weighted by Crippen LogP contribution is 2.20. The van der Waals surface area contributed by atoms with Crippen molar-refractivity contribution in [3.63, 3.8) is 0 Å². The van der Waals surface area contributed by atoms with Gasteiger partial charge in [-0.05, 0) is 30.8 Å². The maximum absolute atomic E-state index is 12.1. The largest absolute Gasteiger partial charge is 0.467 e. The number of hydrogen-bond donors (Lipinski definition) is 0. The second-order valence-corrected chi connectivity index (χ2v) is 4.43. The van der Waals surface area contributed by atoms with Crippen LogP contribution in [-0.2, 0) is 9.53 Å². The van der Waals surface area contributed by atoms with Crippen LogP contribution in [0, 0.1) is 0 Å². The van der Waals surface area contributed by atoms with E-state index in [1.165, 1.54) is 12.0 Å². The van der Waals surface area contributed by atoms with Crippen molar-refractivity contribution in [2.45, 2.75) is 25.3 Å². The van der Waals surface area contributed by atoms with Crippen LogP contribution in [0.15, 0.2) is 5.38 Å². The smallest absolute Gasteiger partial charge is 0.328 e. The van der Waals surface area contributed by atoms with Gasteiger partial charge in [0.2, 0.25) is 0 Å². The minimum Gasteiger partial charge on any atom is -0.467 e. The number of carbonyl (C=O) groups excluding carboxylic acids is 2. The highest BCUT2D eigenvalue weighted by atomic mass is 32.1. The molecule has 0 bridgehead atoms. The summed E-state index contributed by atoms with van der Waals surface area (Å²) in [6.07, 6.45) is 2.48. The van der Waals surface area contributed by atoms with Gasteiger partial charge in [-0.25, -0.2) is 4.79 Å². The van der Waals surface area contributed by atoms with Crippen LogP contribution in [0.2, 0.25) is 0 Å². The van der Waals surface area contributed by atoms with E-state index < -0.39 is 6.04 Å². The van der Waals surface area contributed by atoms with Gasteiger partial charge in [-0.2, -0.15) is 0 Å². The molecule has 0 aliphatic carbocycles. The van der Waals surface area contributed by atoms with Crippen LogP contribution < -0.4 is 0 Å². The fourth-order valence-corrected chi connectivity index (χ4v) is 2.39. The fraction of sp³-hybridized carbons (Fsp3) is 0.600. The molecule has 0 aromatic carbocycles. The summed E-state index contributed by atoms with van der Waals surface area (Å²) < 4.78 is 8.38. The third-order valence-electron chi connectivity index (χ3n) is 2.82. The first-order valence-electron chi connectivity index (χ1n) is 5.40. The predicted octanol–water partition coefficient (Wildman–Crippen LogP) is 0.706. The molecule has 0 radical (unpaired) electrons. The van der Waals surface area contributed by atoms with Crippen LogP contribution in [0.25, 0.3) is 0 Å². The number of rotatable bonds is 2. The summed E-state index contributed by atoms with van der Waals surface area (Å²) in [5, 5.41) is 5.32. The number of ether oxygens (including phenoxy) is 1. The van der Waals surface area contributed by atoms with E-state index in [1.807, 2.05) is 0 Å². The minimum atomic E-state index is -0.483. The van der Waals surface area contributed by atoms with Crippen molar-refractivity contribution in [1.29, 1.82) is 0 Å². The maximum atomic E-state index is 12.1. The van der Waals surface area contributed by atoms with Crippen molar-refractivity contribution < 1.29 is 14.3 Å². The molecule has 1 aromatic rings. The first-order chi connectivity index (χ1) is 8.24. The predicted molar refractivity (Wildman–Crippen MR) is 60.6 cm³/mol.